The lowest BCUT2D eigenvalue weighted by Gasteiger charge is -1.76. The molecule has 2 aromatic heterocycles. The van der Waals surface area contributed by atoms with E-state index in [1.165, 1.54) is 12.3 Å². The van der Waals surface area contributed by atoms with Crippen molar-refractivity contribution in [2.75, 3.05) is 0 Å². The van der Waals surface area contributed by atoms with Gasteiger partial charge in [-0.05, 0) is 6.92 Å². The van der Waals surface area contributed by atoms with Gasteiger partial charge in [-0.2, -0.15) is 4.39 Å². The average molecular weight is 140 g/mol. The summed E-state index contributed by atoms with van der Waals surface area (Å²) in [6.07, 6.45) is 1.54. The number of halogens is 1. The van der Waals surface area contributed by atoms with Gasteiger partial charge in [0.25, 0.3) is 6.01 Å². The molecule has 0 atom stereocenters. The summed E-state index contributed by atoms with van der Waals surface area (Å²) in [5.41, 5.74) is 1.78. The molecule has 0 fully saturated rings. The first-order valence-electron chi connectivity index (χ1n) is 2.90. The first kappa shape index (κ1) is 5.53. The third kappa shape index (κ3) is 0.572. The van der Waals surface area contributed by atoms with Crippen LogP contribution in [0.3, 0.4) is 0 Å². The Morgan fingerprint density at radius 1 is 1.50 bits per heavy atom. The van der Waals surface area contributed by atoms with Crippen LogP contribution in [0, 0.1) is 12.9 Å². The van der Waals surface area contributed by atoms with E-state index in [-0.39, 0.29) is 0 Å². The molecule has 0 amide bonds. The minimum absolute atomic E-state index is 0.468. The van der Waals surface area contributed by atoms with Crippen molar-refractivity contribution in [3.8, 4) is 0 Å². The van der Waals surface area contributed by atoms with Crippen molar-refractivity contribution in [3.05, 3.63) is 23.9 Å². The summed E-state index contributed by atoms with van der Waals surface area (Å²) in [7, 11) is 0. The van der Waals surface area contributed by atoms with E-state index in [0.717, 1.165) is 5.56 Å². The second kappa shape index (κ2) is 1.62. The Hall–Kier alpha value is -1.25. The van der Waals surface area contributed by atoms with Gasteiger partial charge in [0.1, 0.15) is 0 Å². The molecule has 0 aliphatic heterocycles. The molecule has 0 saturated heterocycles. The molecule has 2 aromatic rings. The van der Waals surface area contributed by atoms with Crippen LogP contribution in [0.25, 0.3) is 11.2 Å². The molecule has 2 heterocycles. The van der Waals surface area contributed by atoms with E-state index in [0.29, 0.717) is 11.2 Å². The molecule has 0 radical (unpaired) electrons. The van der Waals surface area contributed by atoms with Gasteiger partial charge in [0.2, 0.25) is 0 Å². The Morgan fingerprint density at radius 3 is 3.00 bits per heavy atom. The summed E-state index contributed by atoms with van der Waals surface area (Å²) < 4.78 is 21.9. The standard InChI is InChI=1S/C7H5FO2/c1-4-3-9-5-2-6(8)10-7(4)5/h2-3H,1H3. The predicted molar refractivity (Wildman–Crippen MR) is 33.2 cm³/mol. The van der Waals surface area contributed by atoms with Crippen LogP contribution in [-0.4, -0.2) is 0 Å². The molecule has 0 bridgehead atoms. The van der Waals surface area contributed by atoms with Crippen LogP contribution in [0.2, 0.25) is 0 Å². The zero-order valence-electron chi connectivity index (χ0n) is 5.35. The number of hydrogen-bond acceptors (Lipinski definition) is 2. The summed E-state index contributed by atoms with van der Waals surface area (Å²) in [5, 5.41) is 0. The van der Waals surface area contributed by atoms with Gasteiger partial charge in [-0.1, -0.05) is 0 Å². The van der Waals surface area contributed by atoms with Gasteiger partial charge in [0, 0.05) is 5.56 Å². The summed E-state index contributed by atoms with van der Waals surface area (Å²) in [4.78, 5) is 0. The molecule has 2 rings (SSSR count). The lowest BCUT2D eigenvalue weighted by molar-refractivity contribution is 0.380. The minimum Gasteiger partial charge on any atom is -0.460 e. The first-order valence-corrected chi connectivity index (χ1v) is 2.90. The second-order valence-electron chi connectivity index (χ2n) is 2.16. The molecule has 0 aromatic carbocycles. The number of furan rings is 2. The van der Waals surface area contributed by atoms with E-state index in [1.54, 1.807) is 6.92 Å². The quantitative estimate of drug-likeness (QED) is 0.561. The van der Waals surface area contributed by atoms with E-state index in [2.05, 4.69) is 4.42 Å². The number of fused-ring (bicyclic) bond motifs is 1. The van der Waals surface area contributed by atoms with Gasteiger partial charge in [-0.25, -0.2) is 0 Å². The van der Waals surface area contributed by atoms with Gasteiger partial charge < -0.3 is 8.83 Å². The van der Waals surface area contributed by atoms with Crippen LogP contribution in [0.4, 0.5) is 4.39 Å². The van der Waals surface area contributed by atoms with Crippen molar-refractivity contribution in [3.63, 3.8) is 0 Å². The number of rotatable bonds is 0. The number of hydrogen-bond donors (Lipinski definition) is 0. The van der Waals surface area contributed by atoms with Crippen LogP contribution < -0.4 is 0 Å². The van der Waals surface area contributed by atoms with Crippen LogP contribution in [-0.2, 0) is 0 Å². The molecule has 2 nitrogen and oxygen atoms in total. The Kier molecular flexibility index (Phi) is 0.897. The Balaban J connectivity index is 2.90. The molecule has 10 heavy (non-hydrogen) atoms. The van der Waals surface area contributed by atoms with E-state index in [4.69, 9.17) is 4.42 Å². The minimum atomic E-state index is -0.600. The van der Waals surface area contributed by atoms with E-state index < -0.39 is 6.01 Å². The molecular formula is C7H5FO2. The smallest absolute Gasteiger partial charge is 0.282 e. The van der Waals surface area contributed by atoms with Crippen molar-refractivity contribution in [1.82, 2.24) is 0 Å². The van der Waals surface area contributed by atoms with Gasteiger partial charge >= 0.3 is 0 Å². The molecule has 0 aliphatic carbocycles. The van der Waals surface area contributed by atoms with Crippen molar-refractivity contribution >= 4 is 11.2 Å². The highest BCUT2D eigenvalue weighted by molar-refractivity contribution is 5.74. The molecule has 3 heteroatoms. The molecule has 0 aliphatic rings. The molecule has 0 unspecified atom stereocenters. The Bertz CT molecular complexity index is 358. The van der Waals surface area contributed by atoms with Crippen molar-refractivity contribution in [1.29, 1.82) is 0 Å². The van der Waals surface area contributed by atoms with Crippen LogP contribution in [0.1, 0.15) is 5.56 Å². The Morgan fingerprint density at radius 2 is 2.30 bits per heavy atom. The zero-order valence-corrected chi connectivity index (χ0v) is 5.35. The largest absolute Gasteiger partial charge is 0.460 e. The van der Waals surface area contributed by atoms with Crippen molar-refractivity contribution < 1.29 is 13.2 Å². The summed E-state index contributed by atoms with van der Waals surface area (Å²) in [6.45, 7) is 1.80. The predicted octanol–water partition coefficient (Wildman–Crippen LogP) is 2.47. The lowest BCUT2D eigenvalue weighted by Crippen LogP contribution is -1.59. The molecule has 0 saturated carbocycles. The third-order valence-electron chi connectivity index (χ3n) is 1.39. The highest BCUT2D eigenvalue weighted by atomic mass is 19.1. The highest BCUT2D eigenvalue weighted by Gasteiger charge is 2.07. The van der Waals surface area contributed by atoms with Gasteiger partial charge in [0.15, 0.2) is 11.2 Å². The fraction of sp³-hybridized carbons (Fsp3) is 0.143. The fourth-order valence-electron chi connectivity index (χ4n) is 0.914. The van der Waals surface area contributed by atoms with E-state index >= 15 is 0 Å². The fourth-order valence-corrected chi connectivity index (χ4v) is 0.914. The summed E-state index contributed by atoms with van der Waals surface area (Å²) in [5.74, 6) is 0. The van der Waals surface area contributed by atoms with Gasteiger partial charge in [-0.15, -0.1) is 0 Å². The molecule has 0 N–H and O–H groups in total. The summed E-state index contributed by atoms with van der Waals surface area (Å²) in [6, 6.07) is 0.625. The molecular weight excluding hydrogens is 135 g/mol. The first-order chi connectivity index (χ1) is 4.77. The number of aryl methyl sites for hydroxylation is 1. The second-order valence-corrected chi connectivity index (χ2v) is 2.16. The SMILES string of the molecule is Cc1coc2cc(F)oc12. The van der Waals surface area contributed by atoms with Crippen molar-refractivity contribution in [2.24, 2.45) is 0 Å². The monoisotopic (exact) mass is 140 g/mol. The molecule has 52 valence electrons. The van der Waals surface area contributed by atoms with Crippen LogP contribution in [0.15, 0.2) is 21.2 Å². The maximum Gasteiger partial charge on any atom is 0.282 e. The zero-order chi connectivity index (χ0) is 7.14. The van der Waals surface area contributed by atoms with Crippen LogP contribution >= 0.6 is 0 Å². The molecule has 0 spiro atoms. The topological polar surface area (TPSA) is 26.3 Å². The normalized spacial score (nSPS) is 11.0. The van der Waals surface area contributed by atoms with Gasteiger partial charge in [-0.3, -0.25) is 0 Å². The Labute approximate surface area is 56.2 Å². The van der Waals surface area contributed by atoms with Crippen molar-refractivity contribution in [2.45, 2.75) is 6.92 Å². The lowest BCUT2D eigenvalue weighted by atomic mass is 10.3. The maximum absolute atomic E-state index is 12.3. The van der Waals surface area contributed by atoms with Gasteiger partial charge in [0.05, 0.1) is 12.3 Å². The highest BCUT2D eigenvalue weighted by Crippen LogP contribution is 2.22. The van der Waals surface area contributed by atoms with Crippen LogP contribution in [0.5, 0.6) is 0 Å². The third-order valence-corrected chi connectivity index (χ3v) is 1.39. The maximum atomic E-state index is 12.3. The summed E-state index contributed by atoms with van der Waals surface area (Å²) >= 11 is 0. The van der Waals surface area contributed by atoms with E-state index in [1.807, 2.05) is 0 Å². The average Bonchev–Trinajstić information content (AvgIpc) is 2.35. The van der Waals surface area contributed by atoms with E-state index in [9.17, 15) is 4.39 Å².